The molecule has 6 rings (SSSR count). The van der Waals surface area contributed by atoms with E-state index in [1.165, 1.54) is 33.4 Å². The molecule has 1 N–H and O–H groups in total. The molecular formula is C31H28O4. The highest BCUT2D eigenvalue weighted by Crippen LogP contribution is 2.56. The van der Waals surface area contributed by atoms with Gasteiger partial charge in [0.25, 0.3) is 0 Å². The molecule has 0 bridgehead atoms. The van der Waals surface area contributed by atoms with Gasteiger partial charge in [-0.1, -0.05) is 84.9 Å². The lowest BCUT2D eigenvalue weighted by Crippen LogP contribution is -2.28. The highest BCUT2D eigenvalue weighted by molar-refractivity contribution is 5.86. The summed E-state index contributed by atoms with van der Waals surface area (Å²) in [4.78, 5) is 0. The van der Waals surface area contributed by atoms with E-state index in [0.29, 0.717) is 19.8 Å². The smallest absolute Gasteiger partial charge is 0.119 e. The van der Waals surface area contributed by atoms with Gasteiger partial charge >= 0.3 is 0 Å². The number of benzene rings is 4. The van der Waals surface area contributed by atoms with Gasteiger partial charge in [0.05, 0.1) is 31.8 Å². The normalized spacial score (nSPS) is 17.0. The Labute approximate surface area is 205 Å². The first-order valence-corrected chi connectivity index (χ1v) is 12.1. The molecule has 1 fully saturated rings. The Morgan fingerprint density at radius 1 is 0.771 bits per heavy atom. The van der Waals surface area contributed by atoms with Crippen LogP contribution in [0.15, 0.2) is 97.1 Å². The number of fused-ring (bicyclic) bond motifs is 3. The number of aliphatic hydroxyl groups excluding tert-OH is 1. The second kappa shape index (κ2) is 9.31. The van der Waals surface area contributed by atoms with Gasteiger partial charge in [-0.25, -0.2) is 0 Å². The first-order chi connectivity index (χ1) is 17.3. The van der Waals surface area contributed by atoms with E-state index in [1.54, 1.807) is 0 Å². The second-order valence-electron chi connectivity index (χ2n) is 9.11. The van der Waals surface area contributed by atoms with Crippen LogP contribution in [-0.4, -0.2) is 37.6 Å². The molecule has 2 aliphatic rings. The van der Waals surface area contributed by atoms with Gasteiger partial charge in [-0.2, -0.15) is 0 Å². The van der Waals surface area contributed by atoms with Crippen LogP contribution in [0.4, 0.5) is 0 Å². The number of epoxide rings is 1. The van der Waals surface area contributed by atoms with Crippen molar-refractivity contribution in [3.63, 3.8) is 0 Å². The van der Waals surface area contributed by atoms with Crippen LogP contribution in [0.1, 0.15) is 27.8 Å². The molecular weight excluding hydrogens is 436 g/mol. The maximum absolute atomic E-state index is 9.02. The minimum atomic E-state index is -0.435. The minimum Gasteiger partial charge on any atom is -0.491 e. The SMILES string of the molecule is OCCOCc1ccc(C2(c3ccc(OCC4CO4)cc3)c3ccccc3-c3ccccc32)cc1. The number of ether oxygens (including phenoxy) is 3. The Morgan fingerprint density at radius 3 is 1.91 bits per heavy atom. The van der Waals surface area contributed by atoms with E-state index in [4.69, 9.17) is 19.3 Å². The summed E-state index contributed by atoms with van der Waals surface area (Å²) in [5.74, 6) is 0.857. The van der Waals surface area contributed by atoms with Crippen LogP contribution in [0.2, 0.25) is 0 Å². The van der Waals surface area contributed by atoms with Crippen molar-refractivity contribution in [2.45, 2.75) is 18.1 Å². The topological polar surface area (TPSA) is 51.2 Å². The van der Waals surface area contributed by atoms with Crippen molar-refractivity contribution in [1.82, 2.24) is 0 Å². The van der Waals surface area contributed by atoms with Crippen molar-refractivity contribution < 1.29 is 19.3 Å². The third-order valence-corrected chi connectivity index (χ3v) is 6.97. The number of hydrogen-bond acceptors (Lipinski definition) is 4. The van der Waals surface area contributed by atoms with Crippen molar-refractivity contribution in [1.29, 1.82) is 0 Å². The van der Waals surface area contributed by atoms with E-state index in [1.807, 2.05) is 0 Å². The molecule has 0 spiro atoms. The molecule has 1 saturated heterocycles. The fourth-order valence-corrected chi connectivity index (χ4v) is 5.28. The number of hydrogen-bond donors (Lipinski definition) is 1. The van der Waals surface area contributed by atoms with Gasteiger partial charge in [-0.3, -0.25) is 0 Å². The quantitative estimate of drug-likeness (QED) is 0.236. The molecule has 4 heteroatoms. The van der Waals surface area contributed by atoms with Crippen LogP contribution in [0, 0.1) is 0 Å². The number of aliphatic hydroxyl groups is 1. The standard InChI is InChI=1S/C31H28O4/c32-17-18-33-19-22-9-11-23(12-10-22)31(24-13-15-25(16-14-24)34-20-26-21-35-26)29-7-3-1-5-27(29)28-6-2-4-8-30(28)31/h1-16,26,32H,17-21H2. The van der Waals surface area contributed by atoms with E-state index < -0.39 is 5.41 Å². The van der Waals surface area contributed by atoms with Gasteiger partial charge < -0.3 is 19.3 Å². The summed E-state index contributed by atoms with van der Waals surface area (Å²) < 4.78 is 16.8. The van der Waals surface area contributed by atoms with E-state index in [-0.39, 0.29) is 12.7 Å². The monoisotopic (exact) mass is 464 g/mol. The number of rotatable bonds is 9. The van der Waals surface area contributed by atoms with E-state index >= 15 is 0 Å². The summed E-state index contributed by atoms with van der Waals surface area (Å²) in [5.41, 5.74) is 8.17. The second-order valence-corrected chi connectivity index (χ2v) is 9.11. The predicted octanol–water partition coefficient (Wildman–Crippen LogP) is 5.34. The molecule has 4 aromatic rings. The van der Waals surface area contributed by atoms with Crippen LogP contribution in [-0.2, 0) is 21.5 Å². The van der Waals surface area contributed by atoms with Gasteiger partial charge in [0.1, 0.15) is 18.5 Å². The van der Waals surface area contributed by atoms with E-state index in [2.05, 4.69) is 97.1 Å². The van der Waals surface area contributed by atoms with Gasteiger partial charge in [-0.15, -0.1) is 0 Å². The van der Waals surface area contributed by atoms with Gasteiger partial charge in [0.15, 0.2) is 0 Å². The zero-order chi connectivity index (χ0) is 23.7. The molecule has 1 unspecified atom stereocenters. The van der Waals surface area contributed by atoms with Crippen molar-refractivity contribution >= 4 is 0 Å². The summed E-state index contributed by atoms with van der Waals surface area (Å²) in [6.45, 7) is 2.24. The summed E-state index contributed by atoms with van der Waals surface area (Å²) in [6, 6.07) is 34.7. The molecule has 1 atom stereocenters. The highest BCUT2D eigenvalue weighted by Gasteiger charge is 2.45. The molecule has 1 heterocycles. The Hall–Kier alpha value is -3.44. The lowest BCUT2D eigenvalue weighted by Gasteiger charge is -2.34. The maximum atomic E-state index is 9.02. The molecule has 176 valence electrons. The van der Waals surface area contributed by atoms with Crippen LogP contribution < -0.4 is 4.74 Å². The summed E-state index contributed by atoms with van der Waals surface area (Å²) in [7, 11) is 0. The first kappa shape index (κ1) is 22.1. The third kappa shape index (κ3) is 3.94. The molecule has 1 aliphatic heterocycles. The Balaban J connectivity index is 1.48. The lowest BCUT2D eigenvalue weighted by atomic mass is 9.67. The molecule has 1 aliphatic carbocycles. The van der Waals surface area contributed by atoms with Crippen LogP contribution in [0.25, 0.3) is 11.1 Å². The average molecular weight is 465 g/mol. The average Bonchev–Trinajstić information content (AvgIpc) is 3.70. The highest BCUT2D eigenvalue weighted by atomic mass is 16.6. The minimum absolute atomic E-state index is 0.0299. The summed E-state index contributed by atoms with van der Waals surface area (Å²) in [5, 5.41) is 9.02. The Kier molecular flexibility index (Phi) is 5.86. The zero-order valence-electron chi connectivity index (χ0n) is 19.5. The van der Waals surface area contributed by atoms with E-state index in [9.17, 15) is 0 Å². The molecule has 4 aromatic carbocycles. The summed E-state index contributed by atoms with van der Waals surface area (Å²) >= 11 is 0. The molecule has 0 saturated carbocycles. The Bertz CT molecular complexity index is 1260. The van der Waals surface area contributed by atoms with Crippen molar-refractivity contribution in [3.05, 3.63) is 125 Å². The Morgan fingerprint density at radius 2 is 1.34 bits per heavy atom. The molecule has 0 aromatic heterocycles. The van der Waals surface area contributed by atoms with E-state index in [0.717, 1.165) is 17.9 Å². The van der Waals surface area contributed by atoms with Crippen LogP contribution in [0.3, 0.4) is 0 Å². The molecule has 0 radical (unpaired) electrons. The largest absolute Gasteiger partial charge is 0.491 e. The fourth-order valence-electron chi connectivity index (χ4n) is 5.28. The predicted molar refractivity (Wildman–Crippen MR) is 136 cm³/mol. The third-order valence-electron chi connectivity index (χ3n) is 6.97. The van der Waals surface area contributed by atoms with Gasteiger partial charge in [-0.05, 0) is 51.1 Å². The molecule has 0 amide bonds. The lowest BCUT2D eigenvalue weighted by molar-refractivity contribution is 0.0815. The van der Waals surface area contributed by atoms with Crippen LogP contribution in [0.5, 0.6) is 5.75 Å². The zero-order valence-corrected chi connectivity index (χ0v) is 19.5. The molecule has 4 nitrogen and oxygen atoms in total. The van der Waals surface area contributed by atoms with Crippen molar-refractivity contribution in [3.8, 4) is 16.9 Å². The molecule has 35 heavy (non-hydrogen) atoms. The van der Waals surface area contributed by atoms with Gasteiger partial charge in [0.2, 0.25) is 0 Å². The van der Waals surface area contributed by atoms with Gasteiger partial charge in [0, 0.05) is 0 Å². The summed E-state index contributed by atoms with van der Waals surface area (Å²) in [6.07, 6.45) is 0.231. The van der Waals surface area contributed by atoms with Crippen LogP contribution >= 0.6 is 0 Å². The fraction of sp³-hybridized carbons (Fsp3) is 0.226. The van der Waals surface area contributed by atoms with Crippen molar-refractivity contribution in [2.75, 3.05) is 26.4 Å². The first-order valence-electron chi connectivity index (χ1n) is 12.1. The maximum Gasteiger partial charge on any atom is 0.119 e. The van der Waals surface area contributed by atoms with Crippen molar-refractivity contribution in [2.24, 2.45) is 0 Å².